The minimum atomic E-state index is -0.930. The molecule has 0 bridgehead atoms. The zero-order valence-corrected chi connectivity index (χ0v) is 11.3. The van der Waals surface area contributed by atoms with Crippen LogP contribution >= 0.6 is 0 Å². The van der Waals surface area contributed by atoms with Crippen LogP contribution in [0.25, 0.3) is 0 Å². The molecule has 1 aromatic rings. The number of aromatic nitrogens is 2. The van der Waals surface area contributed by atoms with Crippen molar-refractivity contribution in [3.05, 3.63) is 15.8 Å². The van der Waals surface area contributed by atoms with Crippen LogP contribution in [0.4, 0.5) is 11.5 Å². The van der Waals surface area contributed by atoms with Crippen molar-refractivity contribution in [2.75, 3.05) is 18.0 Å². The van der Waals surface area contributed by atoms with Crippen LogP contribution in [0.1, 0.15) is 26.0 Å². The molecule has 0 radical (unpaired) electrons. The second kappa shape index (κ2) is 6.17. The molecule has 0 aliphatic carbocycles. The van der Waals surface area contributed by atoms with Crippen LogP contribution in [-0.4, -0.2) is 38.9 Å². The molecule has 1 rings (SSSR count). The van der Waals surface area contributed by atoms with E-state index in [4.69, 9.17) is 5.11 Å². The maximum atomic E-state index is 11.1. The van der Waals surface area contributed by atoms with E-state index in [0.717, 1.165) is 0 Å². The van der Waals surface area contributed by atoms with Gasteiger partial charge in [0, 0.05) is 19.6 Å². The molecule has 1 aromatic heterocycles. The second-order valence-electron chi connectivity index (χ2n) is 4.05. The molecule has 0 fully saturated rings. The summed E-state index contributed by atoms with van der Waals surface area (Å²) in [7, 11) is 0. The largest absolute Gasteiger partial charge is 0.481 e. The summed E-state index contributed by atoms with van der Waals surface area (Å²) >= 11 is 0. The Labute approximate surface area is 110 Å². The smallest absolute Gasteiger partial charge is 0.333 e. The van der Waals surface area contributed by atoms with E-state index in [1.165, 1.54) is 0 Å². The lowest BCUT2D eigenvalue weighted by Crippen LogP contribution is -2.28. The lowest BCUT2D eigenvalue weighted by molar-refractivity contribution is -0.384. The standard InChI is InChI=1S/C11H18N4O4/c1-4-13(7-6-9(16)17)11-10(15(18)19)8(3)12-14(11)5-2/h4-7H2,1-3H3,(H,16,17). The van der Waals surface area contributed by atoms with Gasteiger partial charge in [0.25, 0.3) is 0 Å². The van der Waals surface area contributed by atoms with Gasteiger partial charge in [0.15, 0.2) is 0 Å². The first kappa shape index (κ1) is 14.9. The summed E-state index contributed by atoms with van der Waals surface area (Å²) in [6.07, 6.45) is -0.0705. The van der Waals surface area contributed by atoms with E-state index < -0.39 is 10.9 Å². The normalized spacial score (nSPS) is 10.5. The van der Waals surface area contributed by atoms with Crippen LogP contribution in [-0.2, 0) is 11.3 Å². The molecule has 8 nitrogen and oxygen atoms in total. The van der Waals surface area contributed by atoms with Crippen molar-refractivity contribution in [1.29, 1.82) is 0 Å². The van der Waals surface area contributed by atoms with Crippen LogP contribution in [0.15, 0.2) is 0 Å². The maximum absolute atomic E-state index is 11.1. The van der Waals surface area contributed by atoms with E-state index in [9.17, 15) is 14.9 Å². The van der Waals surface area contributed by atoms with Gasteiger partial charge < -0.3 is 10.0 Å². The SMILES string of the molecule is CCN(CCC(=O)O)c1c([N+](=O)[O-])c(C)nn1CC. The average molecular weight is 270 g/mol. The number of carboxylic acid groups (broad SMARTS) is 1. The fourth-order valence-corrected chi connectivity index (χ4v) is 1.95. The number of aryl methyl sites for hydroxylation is 2. The highest BCUT2D eigenvalue weighted by molar-refractivity contribution is 5.68. The molecule has 19 heavy (non-hydrogen) atoms. The van der Waals surface area contributed by atoms with Gasteiger partial charge in [0.05, 0.1) is 11.3 Å². The molecule has 1 N–H and O–H groups in total. The van der Waals surface area contributed by atoms with E-state index in [-0.39, 0.29) is 18.7 Å². The van der Waals surface area contributed by atoms with Gasteiger partial charge >= 0.3 is 11.7 Å². The second-order valence-corrected chi connectivity index (χ2v) is 4.05. The van der Waals surface area contributed by atoms with Crippen molar-refractivity contribution in [1.82, 2.24) is 9.78 Å². The van der Waals surface area contributed by atoms with Crippen molar-refractivity contribution in [3.8, 4) is 0 Å². The number of hydrogen-bond donors (Lipinski definition) is 1. The summed E-state index contributed by atoms with van der Waals surface area (Å²) in [5.41, 5.74) is 0.296. The van der Waals surface area contributed by atoms with Gasteiger partial charge in [-0.25, -0.2) is 4.68 Å². The quantitative estimate of drug-likeness (QED) is 0.594. The van der Waals surface area contributed by atoms with Crippen molar-refractivity contribution in [3.63, 3.8) is 0 Å². The Morgan fingerprint density at radius 3 is 2.58 bits per heavy atom. The van der Waals surface area contributed by atoms with E-state index >= 15 is 0 Å². The van der Waals surface area contributed by atoms with Crippen molar-refractivity contribution < 1.29 is 14.8 Å². The molecule has 0 aliphatic heterocycles. The molecule has 0 saturated heterocycles. The molecule has 0 spiro atoms. The third kappa shape index (κ3) is 3.21. The third-order valence-electron chi connectivity index (χ3n) is 2.83. The highest BCUT2D eigenvalue weighted by Crippen LogP contribution is 2.31. The molecule has 106 valence electrons. The van der Waals surface area contributed by atoms with Crippen molar-refractivity contribution in [2.45, 2.75) is 33.7 Å². The first-order valence-corrected chi connectivity index (χ1v) is 6.10. The number of nitro groups is 1. The first-order chi connectivity index (χ1) is 8.92. The van der Waals surface area contributed by atoms with E-state index in [1.807, 2.05) is 13.8 Å². The summed E-state index contributed by atoms with van der Waals surface area (Å²) < 4.78 is 1.54. The number of hydrogen-bond acceptors (Lipinski definition) is 5. The van der Waals surface area contributed by atoms with Crippen LogP contribution in [0.3, 0.4) is 0 Å². The molecule has 0 atom stereocenters. The van der Waals surface area contributed by atoms with Gasteiger partial charge in [0.1, 0.15) is 5.69 Å². The van der Waals surface area contributed by atoms with Gasteiger partial charge in [-0.2, -0.15) is 5.10 Å². The lowest BCUT2D eigenvalue weighted by Gasteiger charge is -2.21. The van der Waals surface area contributed by atoms with Gasteiger partial charge in [-0.3, -0.25) is 14.9 Å². The fraction of sp³-hybridized carbons (Fsp3) is 0.636. The third-order valence-corrected chi connectivity index (χ3v) is 2.83. The lowest BCUT2D eigenvalue weighted by atomic mass is 10.3. The molecule has 0 unspecified atom stereocenters. The topological polar surface area (TPSA) is 102 Å². The molecular weight excluding hydrogens is 252 g/mol. The summed E-state index contributed by atoms with van der Waals surface area (Å²) in [4.78, 5) is 23.0. The highest BCUT2D eigenvalue weighted by Gasteiger charge is 2.28. The Morgan fingerprint density at radius 1 is 1.53 bits per heavy atom. The first-order valence-electron chi connectivity index (χ1n) is 6.10. The van der Waals surface area contributed by atoms with E-state index in [0.29, 0.717) is 24.6 Å². The van der Waals surface area contributed by atoms with Gasteiger partial charge in [-0.15, -0.1) is 0 Å². The molecule has 0 aliphatic rings. The number of carboxylic acids is 1. The molecule has 0 aromatic carbocycles. The molecule has 8 heteroatoms. The van der Waals surface area contributed by atoms with Crippen LogP contribution in [0.5, 0.6) is 0 Å². The summed E-state index contributed by atoms with van der Waals surface area (Å²) in [6.45, 7) is 6.45. The van der Waals surface area contributed by atoms with Gasteiger partial charge in [-0.1, -0.05) is 0 Å². The predicted octanol–water partition coefficient (Wildman–Crippen LogP) is 1.42. The number of carbonyl (C=O) groups is 1. The van der Waals surface area contributed by atoms with E-state index in [1.54, 1.807) is 16.5 Å². The molecular formula is C11H18N4O4. The Bertz CT molecular complexity index is 483. The fourth-order valence-electron chi connectivity index (χ4n) is 1.95. The minimum Gasteiger partial charge on any atom is -0.481 e. The van der Waals surface area contributed by atoms with Crippen LogP contribution in [0.2, 0.25) is 0 Å². The molecule has 1 heterocycles. The van der Waals surface area contributed by atoms with Crippen molar-refractivity contribution in [2.24, 2.45) is 0 Å². The summed E-state index contributed by atoms with van der Waals surface area (Å²) in [5.74, 6) is -0.547. The van der Waals surface area contributed by atoms with Crippen molar-refractivity contribution >= 4 is 17.5 Å². The molecule has 0 amide bonds. The zero-order valence-electron chi connectivity index (χ0n) is 11.3. The maximum Gasteiger partial charge on any atom is 0.333 e. The number of nitrogens with zero attached hydrogens (tertiary/aromatic N) is 4. The Kier molecular flexibility index (Phi) is 4.85. The average Bonchev–Trinajstić information content (AvgIpc) is 2.67. The monoisotopic (exact) mass is 270 g/mol. The number of aliphatic carboxylic acids is 1. The Morgan fingerprint density at radius 2 is 2.16 bits per heavy atom. The molecule has 0 saturated carbocycles. The van der Waals surface area contributed by atoms with E-state index in [2.05, 4.69) is 5.10 Å². The van der Waals surface area contributed by atoms with Crippen LogP contribution in [0, 0.1) is 17.0 Å². The predicted molar refractivity (Wildman–Crippen MR) is 69.4 cm³/mol. The Balaban J connectivity index is 3.20. The zero-order chi connectivity index (χ0) is 14.6. The highest BCUT2D eigenvalue weighted by atomic mass is 16.6. The minimum absolute atomic E-state index is 0.0471. The van der Waals surface area contributed by atoms with Gasteiger partial charge in [0.2, 0.25) is 5.82 Å². The number of rotatable bonds is 7. The van der Waals surface area contributed by atoms with Crippen LogP contribution < -0.4 is 4.90 Å². The summed E-state index contributed by atoms with van der Waals surface area (Å²) in [6, 6.07) is 0. The number of anilines is 1. The van der Waals surface area contributed by atoms with Gasteiger partial charge in [-0.05, 0) is 20.8 Å². The Hall–Kier alpha value is -2.12. The summed E-state index contributed by atoms with van der Waals surface area (Å²) in [5, 5.41) is 24.0.